The third-order valence-electron chi connectivity index (χ3n) is 5.04. The zero-order valence-corrected chi connectivity index (χ0v) is 18.6. The fourth-order valence-corrected chi connectivity index (χ4v) is 3.34. The third kappa shape index (κ3) is 4.83. The summed E-state index contributed by atoms with van der Waals surface area (Å²) in [5.74, 6) is 1.43. The number of pyridine rings is 1. The molecule has 1 amide bonds. The predicted molar refractivity (Wildman–Crippen MR) is 123 cm³/mol. The van der Waals surface area contributed by atoms with Gasteiger partial charge in [0.2, 0.25) is 5.75 Å². The maximum Gasteiger partial charge on any atom is 0.251 e. The number of nitrogens with one attached hydrogen (secondary N) is 2. The van der Waals surface area contributed by atoms with Crippen LogP contribution >= 0.6 is 0 Å². The summed E-state index contributed by atoms with van der Waals surface area (Å²) in [6.45, 7) is 2.81. The van der Waals surface area contributed by atoms with Gasteiger partial charge in [0.15, 0.2) is 11.5 Å². The first kappa shape index (κ1) is 22.7. The van der Waals surface area contributed by atoms with Crippen LogP contribution in [-0.2, 0) is 6.42 Å². The second-order valence-electron chi connectivity index (χ2n) is 6.97. The standard InChI is InChI=1S/C24H26N4O4/c1-5-15-6-7-19-16(10-15)11-18(14-25)23(28-19)26-8-9-27-24(29)17-12-20(30-2)22(32-4)21(13-17)31-3/h6-7,10-13H,5,8-9H2,1-4H3,(H,26,28)(H,27,29). The second-order valence-corrected chi connectivity index (χ2v) is 6.97. The van der Waals surface area contributed by atoms with Gasteiger partial charge >= 0.3 is 0 Å². The smallest absolute Gasteiger partial charge is 0.251 e. The molecule has 0 spiro atoms. The number of aromatic nitrogens is 1. The summed E-state index contributed by atoms with van der Waals surface area (Å²) >= 11 is 0. The molecule has 1 heterocycles. The van der Waals surface area contributed by atoms with Crippen molar-refractivity contribution in [3.05, 3.63) is 53.1 Å². The number of ether oxygens (including phenoxy) is 3. The van der Waals surface area contributed by atoms with Crippen LogP contribution in [0.15, 0.2) is 36.4 Å². The molecule has 1 aromatic heterocycles. The van der Waals surface area contributed by atoms with E-state index in [0.717, 1.165) is 17.3 Å². The Morgan fingerprint density at radius 2 is 1.75 bits per heavy atom. The number of amides is 1. The molecule has 3 aromatic rings. The van der Waals surface area contributed by atoms with Gasteiger partial charge in [-0.05, 0) is 42.3 Å². The molecule has 0 aliphatic heterocycles. The number of methoxy groups -OCH3 is 3. The fraction of sp³-hybridized carbons (Fsp3) is 0.292. The van der Waals surface area contributed by atoms with E-state index >= 15 is 0 Å². The van der Waals surface area contributed by atoms with E-state index in [1.807, 2.05) is 24.3 Å². The summed E-state index contributed by atoms with van der Waals surface area (Å²) in [5, 5.41) is 16.4. The number of nitrogens with zero attached hydrogens (tertiary/aromatic N) is 2. The zero-order chi connectivity index (χ0) is 23.1. The van der Waals surface area contributed by atoms with E-state index in [0.29, 0.717) is 47.3 Å². The molecule has 3 rings (SSSR count). The van der Waals surface area contributed by atoms with Crippen molar-refractivity contribution in [1.29, 1.82) is 5.26 Å². The maximum absolute atomic E-state index is 12.6. The molecular formula is C24H26N4O4. The van der Waals surface area contributed by atoms with Gasteiger partial charge in [-0.15, -0.1) is 0 Å². The minimum atomic E-state index is -0.287. The number of carbonyl (C=O) groups is 1. The van der Waals surface area contributed by atoms with E-state index in [1.165, 1.54) is 26.9 Å². The molecule has 32 heavy (non-hydrogen) atoms. The Hall–Kier alpha value is -3.99. The minimum absolute atomic E-state index is 0.287. The summed E-state index contributed by atoms with van der Waals surface area (Å²) in [6, 6.07) is 13.2. The van der Waals surface area contributed by atoms with E-state index < -0.39 is 0 Å². The number of hydrogen-bond donors (Lipinski definition) is 2. The lowest BCUT2D eigenvalue weighted by Crippen LogP contribution is -2.29. The number of nitriles is 1. The molecule has 0 bridgehead atoms. The summed E-state index contributed by atoms with van der Waals surface area (Å²) < 4.78 is 15.9. The molecule has 8 heteroatoms. The average molecular weight is 434 g/mol. The molecule has 0 aliphatic rings. The molecule has 0 unspecified atom stereocenters. The van der Waals surface area contributed by atoms with Crippen LogP contribution < -0.4 is 24.8 Å². The maximum atomic E-state index is 12.6. The van der Waals surface area contributed by atoms with E-state index in [9.17, 15) is 10.1 Å². The highest BCUT2D eigenvalue weighted by molar-refractivity contribution is 5.95. The Balaban J connectivity index is 1.67. The molecule has 8 nitrogen and oxygen atoms in total. The van der Waals surface area contributed by atoms with Crippen LogP contribution in [0.1, 0.15) is 28.4 Å². The molecule has 2 aromatic carbocycles. The first-order valence-corrected chi connectivity index (χ1v) is 10.2. The monoisotopic (exact) mass is 434 g/mol. The highest BCUT2D eigenvalue weighted by Gasteiger charge is 2.17. The molecule has 0 saturated carbocycles. The molecule has 0 radical (unpaired) electrons. The molecular weight excluding hydrogens is 408 g/mol. The lowest BCUT2D eigenvalue weighted by atomic mass is 10.1. The number of carbonyl (C=O) groups excluding carboxylic acids is 1. The average Bonchev–Trinajstić information content (AvgIpc) is 2.84. The van der Waals surface area contributed by atoms with Crippen LogP contribution in [0.5, 0.6) is 17.2 Å². The van der Waals surface area contributed by atoms with Gasteiger partial charge in [0, 0.05) is 24.0 Å². The van der Waals surface area contributed by atoms with Gasteiger partial charge in [0.05, 0.1) is 32.4 Å². The SMILES string of the molecule is CCc1ccc2nc(NCCNC(=O)c3cc(OC)c(OC)c(OC)c3)c(C#N)cc2c1. The molecule has 0 saturated heterocycles. The molecule has 2 N–H and O–H groups in total. The second kappa shape index (κ2) is 10.4. The van der Waals surface area contributed by atoms with Crippen molar-refractivity contribution in [3.63, 3.8) is 0 Å². The first-order valence-electron chi connectivity index (χ1n) is 10.2. The summed E-state index contributed by atoms with van der Waals surface area (Å²) in [4.78, 5) is 17.2. The number of rotatable bonds is 9. The van der Waals surface area contributed by atoms with Gasteiger partial charge in [-0.25, -0.2) is 4.98 Å². The Kier molecular flexibility index (Phi) is 7.34. The van der Waals surface area contributed by atoms with Crippen molar-refractivity contribution in [2.45, 2.75) is 13.3 Å². The highest BCUT2D eigenvalue weighted by Crippen LogP contribution is 2.38. The topological polar surface area (TPSA) is 106 Å². The first-order chi connectivity index (χ1) is 15.5. The van der Waals surface area contributed by atoms with Gasteiger partial charge in [-0.2, -0.15) is 5.26 Å². The van der Waals surface area contributed by atoms with E-state index in [1.54, 1.807) is 12.1 Å². The van der Waals surface area contributed by atoms with Crippen molar-refractivity contribution >= 4 is 22.6 Å². The van der Waals surface area contributed by atoms with Crippen LogP contribution in [0.2, 0.25) is 0 Å². The highest BCUT2D eigenvalue weighted by atomic mass is 16.5. The predicted octanol–water partition coefficient (Wildman–Crippen LogP) is 3.54. The largest absolute Gasteiger partial charge is 0.493 e. The lowest BCUT2D eigenvalue weighted by molar-refractivity contribution is 0.0954. The lowest BCUT2D eigenvalue weighted by Gasteiger charge is -2.14. The van der Waals surface area contributed by atoms with Crippen LogP contribution in [-0.4, -0.2) is 45.3 Å². The van der Waals surface area contributed by atoms with Gasteiger partial charge in [-0.3, -0.25) is 4.79 Å². The molecule has 0 fully saturated rings. The van der Waals surface area contributed by atoms with Gasteiger partial charge in [0.1, 0.15) is 11.9 Å². The number of hydrogen-bond acceptors (Lipinski definition) is 7. The quantitative estimate of drug-likeness (QED) is 0.496. The van der Waals surface area contributed by atoms with Crippen molar-refractivity contribution < 1.29 is 19.0 Å². The van der Waals surface area contributed by atoms with E-state index in [2.05, 4.69) is 28.6 Å². The van der Waals surface area contributed by atoms with Gasteiger partial charge < -0.3 is 24.8 Å². The van der Waals surface area contributed by atoms with Crippen molar-refractivity contribution in [2.24, 2.45) is 0 Å². The van der Waals surface area contributed by atoms with Gasteiger partial charge in [0.25, 0.3) is 5.91 Å². The van der Waals surface area contributed by atoms with Crippen molar-refractivity contribution in [3.8, 4) is 23.3 Å². The number of aryl methyl sites for hydroxylation is 1. The van der Waals surface area contributed by atoms with Gasteiger partial charge in [-0.1, -0.05) is 13.0 Å². The third-order valence-corrected chi connectivity index (χ3v) is 5.04. The van der Waals surface area contributed by atoms with E-state index in [-0.39, 0.29) is 5.91 Å². The summed E-state index contributed by atoms with van der Waals surface area (Å²) in [7, 11) is 4.50. The Labute approximate surface area is 187 Å². The Morgan fingerprint density at radius 3 is 2.34 bits per heavy atom. The summed E-state index contributed by atoms with van der Waals surface area (Å²) in [5.41, 5.74) is 2.85. The van der Waals surface area contributed by atoms with Crippen LogP contribution in [0.25, 0.3) is 10.9 Å². The van der Waals surface area contributed by atoms with Crippen molar-refractivity contribution in [2.75, 3.05) is 39.7 Å². The van der Waals surface area contributed by atoms with Crippen LogP contribution in [0, 0.1) is 11.3 Å². The Morgan fingerprint density at radius 1 is 1.03 bits per heavy atom. The minimum Gasteiger partial charge on any atom is -0.493 e. The number of fused-ring (bicyclic) bond motifs is 1. The zero-order valence-electron chi connectivity index (χ0n) is 18.6. The van der Waals surface area contributed by atoms with Crippen LogP contribution in [0.4, 0.5) is 5.82 Å². The normalized spacial score (nSPS) is 10.3. The molecule has 0 atom stereocenters. The van der Waals surface area contributed by atoms with Crippen LogP contribution in [0.3, 0.4) is 0 Å². The van der Waals surface area contributed by atoms with E-state index in [4.69, 9.17) is 14.2 Å². The summed E-state index contributed by atoms with van der Waals surface area (Å²) in [6.07, 6.45) is 0.920. The molecule has 0 aliphatic carbocycles. The fourth-order valence-electron chi connectivity index (χ4n) is 3.34. The Bertz CT molecular complexity index is 1150. The number of anilines is 1. The van der Waals surface area contributed by atoms with Crippen molar-refractivity contribution in [1.82, 2.24) is 10.3 Å². The molecule has 166 valence electrons. The number of benzene rings is 2.